The van der Waals surface area contributed by atoms with Crippen molar-refractivity contribution < 1.29 is 0 Å². The average Bonchev–Trinajstić information content (AvgIpc) is 2.73. The first-order valence-corrected chi connectivity index (χ1v) is 10.6. The van der Waals surface area contributed by atoms with Gasteiger partial charge in [0, 0.05) is 50.3 Å². The van der Waals surface area contributed by atoms with E-state index < -0.39 is 0 Å². The highest BCUT2D eigenvalue weighted by Gasteiger charge is 2.24. The first-order chi connectivity index (χ1) is 14.1. The van der Waals surface area contributed by atoms with Crippen LogP contribution in [0.25, 0.3) is 0 Å². The number of aromatic nitrogens is 4. The first kappa shape index (κ1) is 20.0. The van der Waals surface area contributed by atoms with Gasteiger partial charge < -0.3 is 10.2 Å². The Labute approximate surface area is 172 Å². The predicted molar refractivity (Wildman–Crippen MR) is 113 cm³/mol. The fraction of sp³-hybridized carbons (Fsp3) is 0.619. The number of likely N-dealkylation sites (N-methyl/N-ethyl adjacent to an activating group) is 1. The summed E-state index contributed by atoms with van der Waals surface area (Å²) in [5, 5.41) is 7.98. The van der Waals surface area contributed by atoms with E-state index in [4.69, 9.17) is 0 Å². The lowest BCUT2D eigenvalue weighted by molar-refractivity contribution is 0.148. The summed E-state index contributed by atoms with van der Waals surface area (Å²) < 4.78 is 1.59. The summed E-state index contributed by atoms with van der Waals surface area (Å²) in [6.45, 7) is 7.27. The van der Waals surface area contributed by atoms with Crippen LogP contribution < -0.4 is 10.9 Å². The molecule has 0 bridgehead atoms. The Morgan fingerprint density at radius 2 is 2.07 bits per heavy atom. The van der Waals surface area contributed by atoms with Gasteiger partial charge in [-0.15, -0.1) is 0 Å². The molecule has 4 rings (SSSR count). The van der Waals surface area contributed by atoms with Crippen molar-refractivity contribution >= 4 is 5.82 Å². The van der Waals surface area contributed by atoms with Crippen molar-refractivity contribution in [3.8, 4) is 0 Å². The van der Waals surface area contributed by atoms with Gasteiger partial charge in [-0.2, -0.15) is 5.10 Å². The molecule has 29 heavy (non-hydrogen) atoms. The number of nitrogens with one attached hydrogen (secondary N) is 1. The van der Waals surface area contributed by atoms with Crippen LogP contribution in [0.4, 0.5) is 5.82 Å². The van der Waals surface area contributed by atoms with Crippen LogP contribution in [0.1, 0.15) is 36.2 Å². The minimum absolute atomic E-state index is 0.0287. The van der Waals surface area contributed by atoms with Crippen LogP contribution >= 0.6 is 0 Å². The molecule has 0 spiro atoms. The molecule has 2 aliphatic heterocycles. The Morgan fingerprint density at radius 3 is 2.97 bits per heavy atom. The maximum absolute atomic E-state index is 12.1. The van der Waals surface area contributed by atoms with E-state index in [0.29, 0.717) is 12.6 Å². The van der Waals surface area contributed by atoms with Crippen LogP contribution in [0.15, 0.2) is 23.3 Å². The molecular formula is C21H31N7O. The van der Waals surface area contributed by atoms with E-state index in [2.05, 4.69) is 37.2 Å². The van der Waals surface area contributed by atoms with E-state index >= 15 is 0 Å². The van der Waals surface area contributed by atoms with Gasteiger partial charge in [0.15, 0.2) is 0 Å². The minimum atomic E-state index is -0.0287. The maximum Gasteiger partial charge on any atom is 0.266 e. The van der Waals surface area contributed by atoms with Gasteiger partial charge in [-0.1, -0.05) is 6.42 Å². The van der Waals surface area contributed by atoms with E-state index in [-0.39, 0.29) is 5.56 Å². The fourth-order valence-corrected chi connectivity index (χ4v) is 4.36. The Kier molecular flexibility index (Phi) is 6.20. The number of rotatable bonds is 6. The van der Waals surface area contributed by atoms with E-state index in [1.165, 1.54) is 24.1 Å². The van der Waals surface area contributed by atoms with Crippen molar-refractivity contribution in [2.45, 2.75) is 51.7 Å². The number of nitrogens with zero attached hydrogens (tertiary/aromatic N) is 6. The average molecular weight is 398 g/mol. The topological polar surface area (TPSA) is 79.2 Å². The second-order valence-corrected chi connectivity index (χ2v) is 8.24. The molecule has 156 valence electrons. The molecule has 2 aliphatic rings. The molecule has 8 heteroatoms. The summed E-state index contributed by atoms with van der Waals surface area (Å²) in [4.78, 5) is 25.9. The van der Waals surface area contributed by atoms with E-state index in [0.717, 1.165) is 57.1 Å². The monoisotopic (exact) mass is 397 g/mol. The fourth-order valence-electron chi connectivity index (χ4n) is 4.36. The number of aryl methyl sites for hydroxylation is 1. The number of hydrogen-bond donors (Lipinski definition) is 1. The maximum atomic E-state index is 12.1. The molecular weight excluding hydrogens is 366 g/mol. The van der Waals surface area contributed by atoms with Crippen molar-refractivity contribution in [3.63, 3.8) is 0 Å². The van der Waals surface area contributed by atoms with Crippen LogP contribution in [0.3, 0.4) is 0 Å². The molecule has 0 aromatic carbocycles. The van der Waals surface area contributed by atoms with Gasteiger partial charge in [0.25, 0.3) is 5.56 Å². The minimum Gasteiger partial charge on any atom is -0.368 e. The highest BCUT2D eigenvalue weighted by atomic mass is 16.1. The van der Waals surface area contributed by atoms with Crippen molar-refractivity contribution in [2.75, 3.05) is 38.5 Å². The van der Waals surface area contributed by atoms with E-state index in [1.807, 2.05) is 6.92 Å². The molecule has 0 aliphatic carbocycles. The number of piperidine rings is 1. The second kappa shape index (κ2) is 9.00. The number of likely N-dealkylation sites (tertiary alicyclic amines) is 1. The van der Waals surface area contributed by atoms with Gasteiger partial charge in [0.05, 0.1) is 17.9 Å². The molecule has 0 amide bonds. The predicted octanol–water partition coefficient (Wildman–Crippen LogP) is 1.30. The number of anilines is 1. The van der Waals surface area contributed by atoms with Crippen molar-refractivity contribution in [2.24, 2.45) is 0 Å². The highest BCUT2D eigenvalue weighted by Crippen LogP contribution is 2.23. The van der Waals surface area contributed by atoms with Crippen LogP contribution in [0, 0.1) is 6.92 Å². The molecule has 1 fully saturated rings. The largest absolute Gasteiger partial charge is 0.368 e. The molecule has 8 nitrogen and oxygen atoms in total. The van der Waals surface area contributed by atoms with E-state index in [9.17, 15) is 4.79 Å². The Bertz CT molecular complexity index is 897. The number of fused-ring (bicyclic) bond motifs is 1. The molecule has 1 N–H and O–H groups in total. The summed E-state index contributed by atoms with van der Waals surface area (Å²) in [6, 6.07) is 3.82. The molecule has 0 radical (unpaired) electrons. The Hall–Kier alpha value is -2.32. The van der Waals surface area contributed by atoms with Gasteiger partial charge in [-0.3, -0.25) is 9.69 Å². The molecule has 2 aromatic rings. The molecule has 0 saturated carbocycles. The number of hydrogen-bond acceptors (Lipinski definition) is 7. The summed E-state index contributed by atoms with van der Waals surface area (Å²) >= 11 is 0. The molecule has 2 aromatic heterocycles. The second-order valence-electron chi connectivity index (χ2n) is 8.24. The highest BCUT2D eigenvalue weighted by molar-refractivity contribution is 5.47. The van der Waals surface area contributed by atoms with Gasteiger partial charge in [0.1, 0.15) is 12.1 Å². The zero-order valence-corrected chi connectivity index (χ0v) is 17.5. The third-order valence-electron chi connectivity index (χ3n) is 6.05. The van der Waals surface area contributed by atoms with Gasteiger partial charge in [0.2, 0.25) is 0 Å². The zero-order chi connectivity index (χ0) is 20.2. The van der Waals surface area contributed by atoms with Crippen molar-refractivity contribution in [1.29, 1.82) is 0 Å². The quantitative estimate of drug-likeness (QED) is 0.787. The third-order valence-corrected chi connectivity index (χ3v) is 6.05. The SMILES string of the molecule is Cc1ccc(=O)n(CCN2CCCCC2CNc2ncnc3c2CN(C)CC3)n1. The molecule has 4 heterocycles. The Balaban J connectivity index is 1.40. The van der Waals surface area contributed by atoms with Crippen molar-refractivity contribution in [3.05, 3.63) is 45.8 Å². The van der Waals surface area contributed by atoms with Gasteiger partial charge >= 0.3 is 0 Å². The molecule has 1 atom stereocenters. The molecule has 1 saturated heterocycles. The summed E-state index contributed by atoms with van der Waals surface area (Å²) in [5.41, 5.74) is 3.25. The van der Waals surface area contributed by atoms with Crippen LogP contribution in [-0.4, -0.2) is 68.8 Å². The summed E-state index contributed by atoms with van der Waals surface area (Å²) in [6.07, 6.45) is 6.28. The lowest BCUT2D eigenvalue weighted by atomic mass is 10.0. The van der Waals surface area contributed by atoms with Crippen LogP contribution in [0.5, 0.6) is 0 Å². The lowest BCUT2D eigenvalue weighted by Gasteiger charge is -2.36. The van der Waals surface area contributed by atoms with Gasteiger partial charge in [-0.05, 0) is 39.4 Å². The summed E-state index contributed by atoms with van der Waals surface area (Å²) in [5.74, 6) is 0.976. The Morgan fingerprint density at radius 1 is 1.17 bits per heavy atom. The smallest absolute Gasteiger partial charge is 0.266 e. The standard InChI is InChI=1S/C21H31N7O/c1-16-6-7-20(29)28(25-16)12-11-27-9-4-3-5-17(27)13-22-21-18-14-26(2)10-8-19(18)23-15-24-21/h6-7,15,17H,3-5,8-14H2,1-2H3,(H,22,23,24). The first-order valence-electron chi connectivity index (χ1n) is 10.6. The summed E-state index contributed by atoms with van der Waals surface area (Å²) in [7, 11) is 2.14. The van der Waals surface area contributed by atoms with E-state index in [1.54, 1.807) is 23.1 Å². The zero-order valence-electron chi connectivity index (χ0n) is 17.5. The third kappa shape index (κ3) is 4.82. The normalized spacial score (nSPS) is 20.4. The van der Waals surface area contributed by atoms with Crippen LogP contribution in [0.2, 0.25) is 0 Å². The lowest BCUT2D eigenvalue weighted by Crippen LogP contribution is -2.46. The van der Waals surface area contributed by atoms with Gasteiger partial charge in [-0.25, -0.2) is 14.6 Å². The molecule has 1 unspecified atom stereocenters. The van der Waals surface area contributed by atoms with Crippen molar-refractivity contribution in [1.82, 2.24) is 29.5 Å². The van der Waals surface area contributed by atoms with Crippen LogP contribution in [-0.2, 0) is 19.5 Å².